The van der Waals surface area contributed by atoms with Gasteiger partial charge in [0, 0.05) is 13.6 Å². The fourth-order valence-corrected chi connectivity index (χ4v) is 1.88. The van der Waals surface area contributed by atoms with E-state index in [9.17, 15) is 0 Å². The molecule has 0 amide bonds. The molecule has 0 atom stereocenters. The van der Waals surface area contributed by atoms with E-state index in [0.29, 0.717) is 6.61 Å². The molecule has 1 heterocycles. The van der Waals surface area contributed by atoms with E-state index in [1.807, 2.05) is 0 Å². The molecule has 1 rings (SSSR count). The van der Waals surface area contributed by atoms with Crippen molar-refractivity contribution in [3.8, 4) is 0 Å². The van der Waals surface area contributed by atoms with Gasteiger partial charge in [-0.05, 0) is 6.92 Å². The summed E-state index contributed by atoms with van der Waals surface area (Å²) in [6.45, 7) is 9.09. The predicted octanol–water partition coefficient (Wildman–Crippen LogP) is -0.420. The van der Waals surface area contributed by atoms with Crippen molar-refractivity contribution in [3.63, 3.8) is 0 Å². The maximum Gasteiger partial charge on any atom is 0.174 e. The van der Waals surface area contributed by atoms with Gasteiger partial charge in [-0.1, -0.05) is 0 Å². The maximum atomic E-state index is 5.42. The van der Waals surface area contributed by atoms with Gasteiger partial charge < -0.3 is 10.1 Å². The second-order valence-corrected chi connectivity index (χ2v) is 4.19. The molecule has 0 aliphatic carbocycles. The number of nitrogens with one attached hydrogen (secondary N) is 2. The summed E-state index contributed by atoms with van der Waals surface area (Å²) >= 11 is 0. The van der Waals surface area contributed by atoms with E-state index in [-0.39, 0.29) is 0 Å². The Labute approximate surface area is 104 Å². The van der Waals surface area contributed by atoms with Crippen molar-refractivity contribution in [2.24, 2.45) is 4.99 Å². The molecule has 1 aliphatic heterocycles. The lowest BCUT2D eigenvalue weighted by atomic mass is 10.3. The van der Waals surface area contributed by atoms with Crippen molar-refractivity contribution in [2.75, 3.05) is 59.7 Å². The molecule has 0 aromatic heterocycles. The van der Waals surface area contributed by atoms with Gasteiger partial charge in [-0.2, -0.15) is 0 Å². The van der Waals surface area contributed by atoms with Gasteiger partial charge in [-0.3, -0.25) is 9.32 Å². The minimum atomic E-state index is 0.702. The Bertz CT molecular complexity index is 218. The van der Waals surface area contributed by atoms with Gasteiger partial charge in [0.15, 0.2) is 6.67 Å². The van der Waals surface area contributed by atoms with Crippen LogP contribution in [0.2, 0.25) is 0 Å². The van der Waals surface area contributed by atoms with Gasteiger partial charge in [-0.15, -0.1) is 0 Å². The topological polar surface area (TPSA) is 54.9 Å². The van der Waals surface area contributed by atoms with Gasteiger partial charge in [0.05, 0.1) is 19.6 Å². The summed E-state index contributed by atoms with van der Waals surface area (Å²) in [6.07, 6.45) is 1.80. The molecule has 6 heteroatoms. The highest BCUT2D eigenvalue weighted by molar-refractivity contribution is 5.53. The fourth-order valence-electron chi connectivity index (χ4n) is 1.88. The lowest BCUT2D eigenvalue weighted by Crippen LogP contribution is -2.56. The van der Waals surface area contributed by atoms with Crippen LogP contribution in [-0.4, -0.2) is 70.5 Å². The number of hydrogen-bond acceptors (Lipinski definition) is 4. The summed E-state index contributed by atoms with van der Waals surface area (Å²) in [6, 6.07) is 0. The highest BCUT2D eigenvalue weighted by atomic mass is 16.6. The molecule has 0 bridgehead atoms. The second-order valence-electron chi connectivity index (χ2n) is 4.19. The molecule has 0 aromatic rings. The first-order valence-corrected chi connectivity index (χ1v) is 6.26. The SMILES string of the molecule is CCNC=NC[N+]1(CCONC)CCOCC1. The van der Waals surface area contributed by atoms with Gasteiger partial charge in [0.25, 0.3) is 0 Å². The van der Waals surface area contributed by atoms with Gasteiger partial charge in [0.1, 0.15) is 26.2 Å². The smallest absolute Gasteiger partial charge is 0.174 e. The summed E-state index contributed by atoms with van der Waals surface area (Å²) in [7, 11) is 1.78. The van der Waals surface area contributed by atoms with Crippen LogP contribution in [0.5, 0.6) is 0 Å². The van der Waals surface area contributed by atoms with Crippen LogP contribution in [0.1, 0.15) is 6.92 Å². The Hall–Kier alpha value is -0.690. The van der Waals surface area contributed by atoms with E-state index < -0.39 is 0 Å². The number of hydroxylamine groups is 1. The lowest BCUT2D eigenvalue weighted by molar-refractivity contribution is -0.934. The average Bonchev–Trinajstić information content (AvgIpc) is 2.36. The van der Waals surface area contributed by atoms with E-state index in [1.165, 1.54) is 0 Å². The van der Waals surface area contributed by atoms with E-state index in [2.05, 4.69) is 22.7 Å². The normalized spacial score (nSPS) is 19.6. The number of nitrogens with zero attached hydrogens (tertiary/aromatic N) is 2. The maximum absolute atomic E-state index is 5.42. The molecule has 17 heavy (non-hydrogen) atoms. The molecular formula is C11H25N4O2+. The van der Waals surface area contributed by atoms with Crippen molar-refractivity contribution in [1.82, 2.24) is 10.8 Å². The van der Waals surface area contributed by atoms with Crippen LogP contribution in [0.25, 0.3) is 0 Å². The zero-order chi connectivity index (χ0) is 12.4. The highest BCUT2D eigenvalue weighted by Crippen LogP contribution is 2.11. The van der Waals surface area contributed by atoms with Crippen LogP contribution in [0, 0.1) is 0 Å². The third-order valence-electron chi connectivity index (χ3n) is 3.00. The molecule has 0 radical (unpaired) electrons. The number of rotatable bonds is 8. The standard InChI is InChI=1S/C11H25N4O2/c1-3-13-10-14-11-15(6-9-17-12-2)4-7-16-8-5-15/h10,12H,3-9,11H2,1-2H3,(H,13,14)/q+1. The van der Waals surface area contributed by atoms with E-state index >= 15 is 0 Å². The Morgan fingerprint density at radius 1 is 1.41 bits per heavy atom. The summed E-state index contributed by atoms with van der Waals surface area (Å²) < 4.78 is 6.37. The Balaban J connectivity index is 2.40. The van der Waals surface area contributed by atoms with Crippen molar-refractivity contribution in [3.05, 3.63) is 0 Å². The minimum absolute atomic E-state index is 0.702. The largest absolute Gasteiger partial charge is 0.377 e. The third-order valence-corrected chi connectivity index (χ3v) is 3.00. The van der Waals surface area contributed by atoms with Crippen LogP contribution >= 0.6 is 0 Å². The molecule has 100 valence electrons. The number of ether oxygens (including phenoxy) is 1. The zero-order valence-electron chi connectivity index (χ0n) is 10.9. The predicted molar refractivity (Wildman–Crippen MR) is 67.7 cm³/mol. The van der Waals surface area contributed by atoms with Crippen LogP contribution in [0.3, 0.4) is 0 Å². The van der Waals surface area contributed by atoms with Crippen LogP contribution in [0.4, 0.5) is 0 Å². The molecule has 0 unspecified atom stereocenters. The van der Waals surface area contributed by atoms with Gasteiger partial charge >= 0.3 is 0 Å². The summed E-state index contributed by atoms with van der Waals surface area (Å²) in [5.74, 6) is 0. The molecule has 6 nitrogen and oxygen atoms in total. The first kappa shape index (κ1) is 14.4. The summed E-state index contributed by atoms with van der Waals surface area (Å²) in [5, 5.41) is 3.10. The lowest BCUT2D eigenvalue weighted by Gasteiger charge is -2.39. The monoisotopic (exact) mass is 245 g/mol. The fraction of sp³-hybridized carbons (Fsp3) is 0.909. The average molecular weight is 245 g/mol. The molecule has 0 aromatic carbocycles. The Morgan fingerprint density at radius 2 is 2.18 bits per heavy atom. The molecule has 0 spiro atoms. The van der Waals surface area contributed by atoms with E-state index in [0.717, 1.165) is 50.5 Å². The number of hydrogen-bond donors (Lipinski definition) is 2. The molecule has 1 aliphatic rings. The van der Waals surface area contributed by atoms with E-state index in [4.69, 9.17) is 9.57 Å². The van der Waals surface area contributed by atoms with Crippen molar-refractivity contribution >= 4 is 6.34 Å². The first-order valence-electron chi connectivity index (χ1n) is 6.26. The molecule has 0 saturated carbocycles. The van der Waals surface area contributed by atoms with Crippen LogP contribution in [-0.2, 0) is 9.57 Å². The zero-order valence-corrected chi connectivity index (χ0v) is 10.9. The summed E-state index contributed by atoms with van der Waals surface area (Å²) in [4.78, 5) is 9.66. The van der Waals surface area contributed by atoms with Gasteiger partial charge in [-0.25, -0.2) is 10.5 Å². The van der Waals surface area contributed by atoms with Crippen molar-refractivity contribution < 1.29 is 14.1 Å². The second kappa shape index (κ2) is 8.41. The van der Waals surface area contributed by atoms with E-state index in [1.54, 1.807) is 13.4 Å². The van der Waals surface area contributed by atoms with Crippen molar-refractivity contribution in [1.29, 1.82) is 0 Å². The first-order chi connectivity index (χ1) is 8.33. The number of quaternary nitrogens is 1. The molecule has 1 saturated heterocycles. The van der Waals surface area contributed by atoms with Crippen LogP contribution < -0.4 is 10.8 Å². The Morgan fingerprint density at radius 3 is 2.82 bits per heavy atom. The summed E-state index contributed by atoms with van der Waals surface area (Å²) in [5.41, 5.74) is 2.71. The van der Waals surface area contributed by atoms with Gasteiger partial charge in [0.2, 0.25) is 0 Å². The minimum Gasteiger partial charge on any atom is -0.377 e. The molecule has 1 fully saturated rings. The number of aliphatic imine (C=N–C) groups is 1. The molecular weight excluding hydrogens is 220 g/mol. The Kier molecular flexibility index (Phi) is 7.11. The molecule has 2 N–H and O–H groups in total. The third kappa shape index (κ3) is 5.45. The highest BCUT2D eigenvalue weighted by Gasteiger charge is 2.29. The van der Waals surface area contributed by atoms with Crippen LogP contribution in [0.15, 0.2) is 4.99 Å². The van der Waals surface area contributed by atoms with Crippen molar-refractivity contribution in [2.45, 2.75) is 6.92 Å². The number of morpholine rings is 1. The quantitative estimate of drug-likeness (QED) is 0.200.